The van der Waals surface area contributed by atoms with Crippen molar-refractivity contribution in [2.24, 2.45) is 0 Å². The molecule has 41 heavy (non-hydrogen) atoms. The van der Waals surface area contributed by atoms with E-state index in [-0.39, 0.29) is 0 Å². The Morgan fingerprint density at radius 2 is 0.683 bits per heavy atom. The number of anilines is 6. The van der Waals surface area contributed by atoms with Crippen LogP contribution >= 0.6 is 12.6 Å². The molecule has 0 aromatic heterocycles. The van der Waals surface area contributed by atoms with Crippen LogP contribution in [0.15, 0.2) is 169 Å². The minimum Gasteiger partial charge on any atom is -0.310 e. The van der Waals surface area contributed by atoms with Crippen molar-refractivity contribution < 1.29 is 0 Å². The first-order valence-corrected chi connectivity index (χ1v) is 14.2. The molecule has 0 bridgehead atoms. The molecule has 0 heterocycles. The van der Waals surface area contributed by atoms with Crippen LogP contribution in [0.1, 0.15) is 0 Å². The number of fused-ring (bicyclic) bond motifs is 2. The van der Waals surface area contributed by atoms with Crippen molar-refractivity contribution in [3.63, 3.8) is 0 Å². The van der Waals surface area contributed by atoms with Gasteiger partial charge in [-0.05, 0) is 83.6 Å². The number of benzene rings is 7. The Morgan fingerprint density at radius 3 is 1.17 bits per heavy atom. The van der Waals surface area contributed by atoms with Crippen molar-refractivity contribution in [1.29, 1.82) is 0 Å². The second kappa shape index (κ2) is 10.9. The van der Waals surface area contributed by atoms with E-state index in [0.29, 0.717) is 0 Å². The smallest absolute Gasteiger partial charge is 0.0540 e. The van der Waals surface area contributed by atoms with E-state index in [4.69, 9.17) is 0 Å². The van der Waals surface area contributed by atoms with Crippen LogP contribution in [0, 0.1) is 0 Å². The minimum absolute atomic E-state index is 0.940. The van der Waals surface area contributed by atoms with E-state index in [2.05, 4.69) is 174 Å². The Balaban J connectivity index is 1.38. The Morgan fingerprint density at radius 1 is 0.317 bits per heavy atom. The van der Waals surface area contributed by atoms with E-state index >= 15 is 0 Å². The van der Waals surface area contributed by atoms with Crippen molar-refractivity contribution in [3.8, 4) is 0 Å². The molecule has 7 aromatic rings. The second-order valence-corrected chi connectivity index (χ2v) is 10.6. The summed E-state index contributed by atoms with van der Waals surface area (Å²) in [6.07, 6.45) is 0. The molecule has 0 amide bonds. The van der Waals surface area contributed by atoms with E-state index in [1.807, 2.05) is 12.1 Å². The molecule has 0 saturated carbocycles. The fourth-order valence-corrected chi connectivity index (χ4v) is 5.74. The van der Waals surface area contributed by atoms with Crippen molar-refractivity contribution >= 4 is 68.3 Å². The van der Waals surface area contributed by atoms with E-state index in [1.54, 1.807) is 0 Å². The van der Waals surface area contributed by atoms with Crippen LogP contribution in [0.5, 0.6) is 0 Å². The second-order valence-electron chi connectivity index (χ2n) is 10.0. The van der Waals surface area contributed by atoms with Gasteiger partial charge in [0.25, 0.3) is 0 Å². The summed E-state index contributed by atoms with van der Waals surface area (Å²) in [7, 11) is 0. The summed E-state index contributed by atoms with van der Waals surface area (Å²) < 4.78 is 0. The number of hydrogen-bond donors (Lipinski definition) is 1. The molecule has 7 aromatic carbocycles. The lowest BCUT2D eigenvalue weighted by molar-refractivity contribution is 1.26. The Kier molecular flexibility index (Phi) is 6.64. The third kappa shape index (κ3) is 4.82. The van der Waals surface area contributed by atoms with Crippen molar-refractivity contribution in [3.05, 3.63) is 164 Å². The monoisotopic (exact) mass is 544 g/mol. The Bertz CT molecular complexity index is 1940. The number of hydrogen-bond acceptors (Lipinski definition) is 3. The maximum absolute atomic E-state index is 4.54. The highest BCUT2D eigenvalue weighted by Crippen LogP contribution is 2.42. The van der Waals surface area contributed by atoms with Crippen LogP contribution in [0.4, 0.5) is 34.1 Å². The van der Waals surface area contributed by atoms with Gasteiger partial charge in [0.15, 0.2) is 0 Å². The lowest BCUT2D eigenvalue weighted by Crippen LogP contribution is -2.12. The average molecular weight is 545 g/mol. The highest BCUT2D eigenvalue weighted by molar-refractivity contribution is 7.80. The van der Waals surface area contributed by atoms with Gasteiger partial charge in [-0.25, -0.2) is 0 Å². The molecule has 0 radical (unpaired) electrons. The molecule has 0 unspecified atom stereocenters. The molecule has 7 rings (SSSR count). The molecule has 0 aliphatic rings. The molecule has 0 atom stereocenters. The first-order chi connectivity index (χ1) is 20.3. The average Bonchev–Trinajstić information content (AvgIpc) is 3.04. The van der Waals surface area contributed by atoms with E-state index in [1.165, 1.54) is 21.5 Å². The van der Waals surface area contributed by atoms with Crippen LogP contribution in [0.25, 0.3) is 21.5 Å². The highest BCUT2D eigenvalue weighted by atomic mass is 32.1. The van der Waals surface area contributed by atoms with Gasteiger partial charge in [-0.1, -0.05) is 91.0 Å². The first-order valence-electron chi connectivity index (χ1n) is 13.8. The molecule has 196 valence electrons. The summed E-state index contributed by atoms with van der Waals surface area (Å²) in [6.45, 7) is 0. The third-order valence-electron chi connectivity index (χ3n) is 7.50. The van der Waals surface area contributed by atoms with Crippen LogP contribution in [-0.4, -0.2) is 0 Å². The van der Waals surface area contributed by atoms with Gasteiger partial charge < -0.3 is 9.80 Å². The molecule has 3 heteroatoms. The fourth-order valence-electron chi connectivity index (χ4n) is 5.59. The summed E-state index contributed by atoms with van der Waals surface area (Å²) in [5, 5.41) is 4.85. The topological polar surface area (TPSA) is 6.48 Å². The van der Waals surface area contributed by atoms with Crippen molar-refractivity contribution in [1.82, 2.24) is 0 Å². The van der Waals surface area contributed by atoms with E-state index in [0.717, 1.165) is 39.0 Å². The summed E-state index contributed by atoms with van der Waals surface area (Å²) in [5.41, 5.74) is 6.67. The van der Waals surface area contributed by atoms with Crippen LogP contribution in [-0.2, 0) is 0 Å². The molecular formula is C38H28N2S. The summed E-state index contributed by atoms with van der Waals surface area (Å²) in [6, 6.07) is 57.9. The third-order valence-corrected chi connectivity index (χ3v) is 7.80. The molecule has 0 aliphatic carbocycles. The number of thiol groups is 1. The predicted molar refractivity (Wildman–Crippen MR) is 178 cm³/mol. The lowest BCUT2D eigenvalue weighted by atomic mass is 10.1. The van der Waals surface area contributed by atoms with Gasteiger partial charge >= 0.3 is 0 Å². The maximum atomic E-state index is 4.54. The summed E-state index contributed by atoms with van der Waals surface area (Å²) in [5.74, 6) is 0. The molecule has 0 saturated heterocycles. The first kappa shape index (κ1) is 25.0. The Labute approximate surface area is 246 Å². The van der Waals surface area contributed by atoms with Crippen molar-refractivity contribution in [2.75, 3.05) is 9.80 Å². The van der Waals surface area contributed by atoms with Gasteiger partial charge in [0, 0.05) is 38.4 Å². The van der Waals surface area contributed by atoms with Gasteiger partial charge in [-0.3, -0.25) is 0 Å². The summed E-state index contributed by atoms with van der Waals surface area (Å²) in [4.78, 5) is 5.60. The van der Waals surface area contributed by atoms with Crippen molar-refractivity contribution in [2.45, 2.75) is 4.90 Å². The Hall–Kier alpha value is -4.99. The van der Waals surface area contributed by atoms with E-state index in [9.17, 15) is 0 Å². The minimum atomic E-state index is 0.940. The normalized spacial score (nSPS) is 11.0. The molecule has 2 nitrogen and oxygen atoms in total. The molecule has 0 spiro atoms. The van der Waals surface area contributed by atoms with Crippen LogP contribution in [0.3, 0.4) is 0 Å². The van der Waals surface area contributed by atoms with Gasteiger partial charge in [0.05, 0.1) is 11.4 Å². The maximum Gasteiger partial charge on any atom is 0.0540 e. The standard InChI is InChI=1S/C38H28N2S/c41-34-26-24-33(25-27-34)40(38-19-9-13-29-11-5-7-17-36(29)38)32-22-20-31(21-23-32)39(30-14-2-1-3-15-30)37-18-8-12-28-10-4-6-16-35(28)37/h1-27,41H. The predicted octanol–water partition coefficient (Wildman–Crippen LogP) is 11.2. The van der Waals surface area contributed by atoms with E-state index < -0.39 is 0 Å². The van der Waals surface area contributed by atoms with Crippen LogP contribution in [0.2, 0.25) is 0 Å². The zero-order valence-corrected chi connectivity index (χ0v) is 23.3. The fraction of sp³-hybridized carbons (Fsp3) is 0. The highest BCUT2D eigenvalue weighted by Gasteiger charge is 2.18. The van der Waals surface area contributed by atoms with Gasteiger partial charge in [-0.15, -0.1) is 12.6 Å². The number of rotatable bonds is 6. The quantitative estimate of drug-likeness (QED) is 0.208. The number of para-hydroxylation sites is 1. The van der Waals surface area contributed by atoms with Gasteiger partial charge in [-0.2, -0.15) is 0 Å². The zero-order chi connectivity index (χ0) is 27.6. The van der Waals surface area contributed by atoms with Gasteiger partial charge in [0.1, 0.15) is 0 Å². The molecule has 0 fully saturated rings. The number of nitrogens with zero attached hydrogens (tertiary/aromatic N) is 2. The largest absolute Gasteiger partial charge is 0.310 e. The van der Waals surface area contributed by atoms with Gasteiger partial charge in [0.2, 0.25) is 0 Å². The molecular weight excluding hydrogens is 516 g/mol. The van der Waals surface area contributed by atoms with Crippen LogP contribution < -0.4 is 9.80 Å². The molecule has 0 N–H and O–H groups in total. The summed E-state index contributed by atoms with van der Waals surface area (Å²) >= 11 is 4.54. The zero-order valence-electron chi connectivity index (χ0n) is 22.4. The SMILES string of the molecule is Sc1ccc(N(c2ccc(N(c3ccccc3)c3cccc4ccccc34)cc2)c2cccc3ccccc23)cc1. The molecule has 0 aliphatic heterocycles. The lowest BCUT2D eigenvalue weighted by Gasteiger charge is -2.29.